The standard InChI is InChI=1S/C13H19N3O5/c1-9(2)15(6-4-5-12(17)18)13(19)11-7-10(16(20)21)8-14(11)3/h7-9H,4-6H2,1-3H3,(H,17,18). The molecule has 0 saturated carbocycles. The van der Waals surface area contributed by atoms with Crippen molar-refractivity contribution in [3.63, 3.8) is 0 Å². The van der Waals surface area contributed by atoms with Gasteiger partial charge in [-0.15, -0.1) is 0 Å². The first kappa shape index (κ1) is 16.7. The zero-order chi connectivity index (χ0) is 16.2. The van der Waals surface area contributed by atoms with E-state index in [-0.39, 0.29) is 29.8 Å². The molecule has 1 N–H and O–H groups in total. The van der Waals surface area contributed by atoms with E-state index >= 15 is 0 Å². The van der Waals surface area contributed by atoms with Gasteiger partial charge in [0, 0.05) is 32.1 Å². The van der Waals surface area contributed by atoms with Crippen molar-refractivity contribution in [1.82, 2.24) is 9.47 Å². The van der Waals surface area contributed by atoms with E-state index < -0.39 is 10.9 Å². The lowest BCUT2D eigenvalue weighted by Gasteiger charge is -2.26. The molecule has 0 atom stereocenters. The highest BCUT2D eigenvalue weighted by Gasteiger charge is 2.24. The number of carboxylic acids is 1. The molecule has 0 unspecified atom stereocenters. The number of hydrogen-bond donors (Lipinski definition) is 1. The van der Waals surface area contributed by atoms with Crippen molar-refractivity contribution in [3.05, 3.63) is 28.1 Å². The molecule has 8 nitrogen and oxygen atoms in total. The summed E-state index contributed by atoms with van der Waals surface area (Å²) in [7, 11) is 1.57. The van der Waals surface area contributed by atoms with E-state index in [1.54, 1.807) is 7.05 Å². The van der Waals surface area contributed by atoms with Gasteiger partial charge < -0.3 is 14.6 Å². The summed E-state index contributed by atoms with van der Waals surface area (Å²) in [6, 6.07) is 1.11. The predicted octanol–water partition coefficient (Wildman–Crippen LogP) is 1.65. The minimum atomic E-state index is -0.916. The highest BCUT2D eigenvalue weighted by molar-refractivity contribution is 5.93. The number of hydrogen-bond acceptors (Lipinski definition) is 4. The van der Waals surface area contributed by atoms with Crippen molar-refractivity contribution in [2.45, 2.75) is 32.7 Å². The second kappa shape index (κ2) is 6.87. The van der Waals surface area contributed by atoms with Crippen LogP contribution in [0, 0.1) is 10.1 Å². The topological polar surface area (TPSA) is 106 Å². The molecule has 0 bridgehead atoms. The van der Waals surface area contributed by atoms with Gasteiger partial charge in [0.15, 0.2) is 0 Å². The molecular formula is C13H19N3O5. The number of carbonyl (C=O) groups is 2. The fourth-order valence-corrected chi connectivity index (χ4v) is 2.00. The molecule has 1 heterocycles. The highest BCUT2D eigenvalue weighted by atomic mass is 16.6. The minimum absolute atomic E-state index is 0.0240. The largest absolute Gasteiger partial charge is 0.481 e. The van der Waals surface area contributed by atoms with Gasteiger partial charge in [-0.25, -0.2) is 0 Å². The molecule has 0 aromatic carbocycles. The molecule has 0 aliphatic rings. The normalized spacial score (nSPS) is 10.7. The molecule has 21 heavy (non-hydrogen) atoms. The number of aliphatic carboxylic acids is 1. The molecule has 0 aliphatic carbocycles. The SMILES string of the molecule is CC(C)N(CCCC(=O)O)C(=O)c1cc([N+](=O)[O-])cn1C. The molecule has 0 aliphatic heterocycles. The van der Waals surface area contributed by atoms with E-state index in [9.17, 15) is 19.7 Å². The van der Waals surface area contributed by atoms with Crippen LogP contribution in [0.4, 0.5) is 5.69 Å². The summed E-state index contributed by atoms with van der Waals surface area (Å²) < 4.78 is 1.41. The number of aryl methyl sites for hydroxylation is 1. The summed E-state index contributed by atoms with van der Waals surface area (Å²) >= 11 is 0. The Labute approximate surface area is 122 Å². The Morgan fingerprint density at radius 1 is 1.48 bits per heavy atom. The average Bonchev–Trinajstić information content (AvgIpc) is 2.75. The van der Waals surface area contributed by atoms with Crippen molar-refractivity contribution < 1.29 is 19.6 Å². The molecule has 1 amide bonds. The summed E-state index contributed by atoms with van der Waals surface area (Å²) in [5.74, 6) is -1.26. The predicted molar refractivity (Wildman–Crippen MR) is 75.1 cm³/mol. The average molecular weight is 297 g/mol. The number of nitrogens with zero attached hydrogens (tertiary/aromatic N) is 3. The van der Waals surface area contributed by atoms with Crippen LogP contribution in [0.1, 0.15) is 37.2 Å². The van der Waals surface area contributed by atoms with Crippen LogP contribution < -0.4 is 0 Å². The second-order valence-corrected chi connectivity index (χ2v) is 5.04. The van der Waals surface area contributed by atoms with Crippen LogP contribution in [0.2, 0.25) is 0 Å². The third-order valence-electron chi connectivity index (χ3n) is 3.09. The van der Waals surface area contributed by atoms with Crippen molar-refractivity contribution in [2.75, 3.05) is 6.54 Å². The first-order valence-corrected chi connectivity index (χ1v) is 6.57. The van der Waals surface area contributed by atoms with Crippen molar-refractivity contribution in [2.24, 2.45) is 7.05 Å². The molecule has 0 fully saturated rings. The van der Waals surface area contributed by atoms with Gasteiger partial charge in [-0.2, -0.15) is 0 Å². The molecule has 0 saturated heterocycles. The van der Waals surface area contributed by atoms with Crippen LogP contribution in [0.3, 0.4) is 0 Å². The minimum Gasteiger partial charge on any atom is -0.481 e. The summed E-state index contributed by atoms with van der Waals surface area (Å²) in [6.45, 7) is 3.92. The van der Waals surface area contributed by atoms with Crippen LogP contribution in [0.25, 0.3) is 0 Å². The maximum atomic E-state index is 12.5. The van der Waals surface area contributed by atoms with E-state index in [0.29, 0.717) is 13.0 Å². The van der Waals surface area contributed by atoms with Gasteiger partial charge in [0.2, 0.25) is 0 Å². The Morgan fingerprint density at radius 2 is 2.10 bits per heavy atom. The first-order valence-electron chi connectivity index (χ1n) is 6.57. The van der Waals surface area contributed by atoms with Gasteiger partial charge in [0.05, 0.1) is 11.1 Å². The highest BCUT2D eigenvalue weighted by Crippen LogP contribution is 2.18. The zero-order valence-corrected chi connectivity index (χ0v) is 12.3. The maximum Gasteiger partial charge on any atom is 0.303 e. The Balaban J connectivity index is 2.90. The van der Waals surface area contributed by atoms with Crippen LogP contribution in [0.15, 0.2) is 12.3 Å². The molecule has 1 aromatic heterocycles. The summed E-state index contributed by atoms with van der Waals surface area (Å²) in [5.41, 5.74) is 0.0702. The van der Waals surface area contributed by atoms with Crippen molar-refractivity contribution in [3.8, 4) is 0 Å². The molecular weight excluding hydrogens is 278 g/mol. The number of aromatic nitrogens is 1. The van der Waals surface area contributed by atoms with Crippen LogP contribution in [-0.4, -0.2) is 44.0 Å². The third kappa shape index (κ3) is 4.30. The maximum absolute atomic E-state index is 12.5. The van der Waals surface area contributed by atoms with Crippen molar-refractivity contribution in [1.29, 1.82) is 0 Å². The van der Waals surface area contributed by atoms with E-state index in [1.807, 2.05) is 13.8 Å². The quantitative estimate of drug-likeness (QED) is 0.608. The molecule has 1 aromatic rings. The lowest BCUT2D eigenvalue weighted by Crippen LogP contribution is -2.38. The van der Waals surface area contributed by atoms with Gasteiger partial charge >= 0.3 is 5.97 Å². The Kier molecular flexibility index (Phi) is 5.45. The molecule has 0 spiro atoms. The van der Waals surface area contributed by atoms with Gasteiger partial charge in [0.25, 0.3) is 11.6 Å². The fraction of sp³-hybridized carbons (Fsp3) is 0.538. The van der Waals surface area contributed by atoms with E-state index in [4.69, 9.17) is 5.11 Å². The van der Waals surface area contributed by atoms with E-state index in [1.165, 1.54) is 21.7 Å². The molecule has 1 rings (SSSR count). The van der Waals surface area contributed by atoms with Crippen molar-refractivity contribution >= 4 is 17.6 Å². The summed E-state index contributed by atoms with van der Waals surface area (Å²) in [4.78, 5) is 34.7. The monoisotopic (exact) mass is 297 g/mol. The lowest BCUT2D eigenvalue weighted by atomic mass is 10.2. The number of amides is 1. The number of carbonyl (C=O) groups excluding carboxylic acids is 1. The Hall–Kier alpha value is -2.38. The van der Waals surface area contributed by atoms with Crippen LogP contribution in [-0.2, 0) is 11.8 Å². The van der Waals surface area contributed by atoms with Crippen LogP contribution >= 0.6 is 0 Å². The van der Waals surface area contributed by atoms with E-state index in [0.717, 1.165) is 0 Å². The van der Waals surface area contributed by atoms with Crippen LogP contribution in [0.5, 0.6) is 0 Å². The Bertz CT molecular complexity index is 550. The third-order valence-corrected chi connectivity index (χ3v) is 3.09. The number of rotatable bonds is 7. The zero-order valence-electron chi connectivity index (χ0n) is 12.3. The van der Waals surface area contributed by atoms with Gasteiger partial charge in [-0.05, 0) is 20.3 Å². The number of nitro groups is 1. The fourth-order valence-electron chi connectivity index (χ4n) is 2.00. The second-order valence-electron chi connectivity index (χ2n) is 5.04. The molecule has 8 heteroatoms. The van der Waals surface area contributed by atoms with E-state index in [2.05, 4.69) is 0 Å². The molecule has 116 valence electrons. The van der Waals surface area contributed by atoms with Gasteiger partial charge in [-0.3, -0.25) is 19.7 Å². The van der Waals surface area contributed by atoms with Gasteiger partial charge in [0.1, 0.15) is 5.69 Å². The summed E-state index contributed by atoms with van der Waals surface area (Å²) in [6.07, 6.45) is 1.60. The lowest BCUT2D eigenvalue weighted by molar-refractivity contribution is -0.384. The van der Waals surface area contributed by atoms with Gasteiger partial charge in [-0.1, -0.05) is 0 Å². The Morgan fingerprint density at radius 3 is 2.52 bits per heavy atom. The smallest absolute Gasteiger partial charge is 0.303 e. The summed E-state index contributed by atoms with van der Waals surface area (Å²) in [5, 5.41) is 19.4. The molecule has 0 radical (unpaired) electrons. The number of carboxylic acid groups (broad SMARTS) is 1. The first-order chi connectivity index (χ1) is 9.73.